The highest BCUT2D eigenvalue weighted by Crippen LogP contribution is 2.27. The number of carbonyl (C=O) groups excluding carboxylic acids is 2. The van der Waals surface area contributed by atoms with Crippen LogP contribution in [0, 0.1) is 23.3 Å². The first-order chi connectivity index (χ1) is 12.8. The second-order valence-electron chi connectivity index (χ2n) is 5.98. The number of rotatable bonds is 4. The largest absolute Gasteiger partial charge is 0.348 e. The van der Waals surface area contributed by atoms with Gasteiger partial charge in [0.1, 0.15) is 18.2 Å². The number of benzene rings is 1. The van der Waals surface area contributed by atoms with E-state index < -0.39 is 47.8 Å². The second kappa shape index (κ2) is 7.22. The molecule has 6 nitrogen and oxygen atoms in total. The molecule has 0 unspecified atom stereocenters. The van der Waals surface area contributed by atoms with Gasteiger partial charge in [-0.3, -0.25) is 9.78 Å². The summed E-state index contributed by atoms with van der Waals surface area (Å²) in [5.41, 5.74) is -0.355. The molecule has 3 rings (SSSR count). The molecule has 1 aliphatic rings. The molecule has 0 bridgehead atoms. The van der Waals surface area contributed by atoms with Crippen molar-refractivity contribution in [2.24, 2.45) is 0 Å². The van der Waals surface area contributed by atoms with Gasteiger partial charge in [0.2, 0.25) is 5.91 Å². The number of hydrogen-bond donors (Lipinski definition) is 2. The van der Waals surface area contributed by atoms with Crippen LogP contribution in [0.25, 0.3) is 0 Å². The van der Waals surface area contributed by atoms with Crippen molar-refractivity contribution in [2.45, 2.75) is 19.5 Å². The number of urea groups is 1. The Kier molecular flexibility index (Phi) is 4.98. The van der Waals surface area contributed by atoms with Gasteiger partial charge in [-0.25, -0.2) is 22.4 Å². The SMILES string of the molecule is C[C@@H](NC(=O)CN1Cc2c(ccc(F)c2F)NC1=O)c1c(F)cncc1F. The quantitative estimate of drug-likeness (QED) is 0.799. The number of amides is 3. The predicted octanol–water partition coefficient (Wildman–Crippen LogP) is 2.86. The van der Waals surface area contributed by atoms with Gasteiger partial charge in [0.05, 0.1) is 30.7 Å². The van der Waals surface area contributed by atoms with Crippen LogP contribution in [-0.4, -0.2) is 28.4 Å². The molecule has 1 aromatic carbocycles. The maximum absolute atomic E-state index is 13.9. The van der Waals surface area contributed by atoms with E-state index in [0.717, 1.165) is 23.4 Å². The standard InChI is InChI=1S/C17H14F4N4O2/c1-8(15-11(19)4-22-5-12(15)20)23-14(26)7-25-6-9-13(24-17(25)27)3-2-10(18)16(9)21/h2-5,8H,6-7H2,1H3,(H,23,26)(H,24,27)/t8-/m1/s1. The zero-order valence-electron chi connectivity index (χ0n) is 14.0. The lowest BCUT2D eigenvalue weighted by Gasteiger charge is -2.29. The van der Waals surface area contributed by atoms with Gasteiger partial charge in [-0.2, -0.15) is 0 Å². The minimum absolute atomic E-state index is 0.0957. The van der Waals surface area contributed by atoms with Crippen LogP contribution in [0.3, 0.4) is 0 Å². The Bertz CT molecular complexity index is 902. The third-order valence-electron chi connectivity index (χ3n) is 4.11. The Balaban J connectivity index is 1.71. The minimum atomic E-state index is -1.12. The molecule has 10 heteroatoms. The van der Waals surface area contributed by atoms with Gasteiger partial charge in [-0.05, 0) is 19.1 Å². The van der Waals surface area contributed by atoms with E-state index in [4.69, 9.17) is 0 Å². The lowest BCUT2D eigenvalue weighted by Crippen LogP contribution is -2.45. The number of aromatic nitrogens is 1. The number of halogens is 4. The molecule has 0 aliphatic carbocycles. The Morgan fingerprint density at radius 2 is 1.89 bits per heavy atom. The molecule has 1 aliphatic heterocycles. The van der Waals surface area contributed by atoms with E-state index in [1.807, 2.05) is 0 Å². The Hall–Kier alpha value is -3.17. The Morgan fingerprint density at radius 1 is 1.22 bits per heavy atom. The summed E-state index contributed by atoms with van der Waals surface area (Å²) in [6, 6.07) is 0.392. The van der Waals surface area contributed by atoms with Crippen molar-refractivity contribution < 1.29 is 27.2 Å². The smallest absolute Gasteiger partial charge is 0.322 e. The average Bonchev–Trinajstić information content (AvgIpc) is 2.59. The molecule has 1 atom stereocenters. The fourth-order valence-corrected chi connectivity index (χ4v) is 2.82. The van der Waals surface area contributed by atoms with Crippen LogP contribution < -0.4 is 10.6 Å². The third-order valence-corrected chi connectivity index (χ3v) is 4.11. The van der Waals surface area contributed by atoms with E-state index in [1.165, 1.54) is 13.0 Å². The summed E-state index contributed by atoms with van der Waals surface area (Å²) in [6.07, 6.45) is 1.63. The van der Waals surface area contributed by atoms with Crippen LogP contribution in [0.1, 0.15) is 24.1 Å². The molecule has 0 spiro atoms. The fraction of sp³-hybridized carbons (Fsp3) is 0.235. The van der Waals surface area contributed by atoms with Gasteiger partial charge in [-0.15, -0.1) is 0 Å². The second-order valence-corrected chi connectivity index (χ2v) is 5.98. The van der Waals surface area contributed by atoms with Gasteiger partial charge < -0.3 is 15.5 Å². The summed E-state index contributed by atoms with van der Waals surface area (Å²) in [6.45, 7) is 0.518. The van der Waals surface area contributed by atoms with Crippen molar-refractivity contribution in [3.8, 4) is 0 Å². The Labute approximate surface area is 151 Å². The molecule has 2 heterocycles. The van der Waals surface area contributed by atoms with Crippen LogP contribution >= 0.6 is 0 Å². The molecule has 1 aromatic heterocycles. The van der Waals surface area contributed by atoms with Gasteiger partial charge in [-0.1, -0.05) is 0 Å². The highest BCUT2D eigenvalue weighted by Gasteiger charge is 2.28. The van der Waals surface area contributed by atoms with E-state index in [9.17, 15) is 27.2 Å². The number of anilines is 1. The molecule has 3 amide bonds. The summed E-state index contributed by atoms with van der Waals surface area (Å²) >= 11 is 0. The van der Waals surface area contributed by atoms with Crippen LogP contribution in [0.2, 0.25) is 0 Å². The summed E-state index contributed by atoms with van der Waals surface area (Å²) in [5.74, 6) is -4.78. The molecule has 2 N–H and O–H groups in total. The van der Waals surface area contributed by atoms with Gasteiger partial charge in [0.15, 0.2) is 11.6 Å². The first-order valence-electron chi connectivity index (χ1n) is 7.89. The molecule has 0 saturated carbocycles. The number of hydrogen-bond acceptors (Lipinski definition) is 3. The summed E-state index contributed by atoms with van der Waals surface area (Å²) in [7, 11) is 0. The number of carbonyl (C=O) groups is 2. The van der Waals surface area contributed by atoms with E-state index in [2.05, 4.69) is 15.6 Å². The lowest BCUT2D eigenvalue weighted by atomic mass is 10.1. The topological polar surface area (TPSA) is 74.3 Å². The lowest BCUT2D eigenvalue weighted by molar-refractivity contribution is -0.122. The summed E-state index contributed by atoms with van der Waals surface area (Å²) < 4.78 is 54.7. The minimum Gasteiger partial charge on any atom is -0.348 e. The first-order valence-corrected chi connectivity index (χ1v) is 7.89. The Morgan fingerprint density at radius 3 is 2.56 bits per heavy atom. The van der Waals surface area contributed by atoms with E-state index in [0.29, 0.717) is 0 Å². The van der Waals surface area contributed by atoms with Crippen molar-refractivity contribution in [3.05, 3.63) is 58.9 Å². The number of fused-ring (bicyclic) bond motifs is 1. The van der Waals surface area contributed by atoms with E-state index in [1.54, 1.807) is 0 Å². The number of nitrogens with zero attached hydrogens (tertiary/aromatic N) is 2. The van der Waals surface area contributed by atoms with Gasteiger partial charge in [0.25, 0.3) is 0 Å². The number of pyridine rings is 1. The molecular weight excluding hydrogens is 368 g/mol. The molecule has 27 heavy (non-hydrogen) atoms. The molecule has 0 saturated heterocycles. The van der Waals surface area contributed by atoms with E-state index >= 15 is 0 Å². The average molecular weight is 382 g/mol. The molecular formula is C17H14F4N4O2. The molecule has 0 radical (unpaired) electrons. The normalized spacial score (nSPS) is 14.4. The monoisotopic (exact) mass is 382 g/mol. The summed E-state index contributed by atoms with van der Waals surface area (Å²) in [5, 5.41) is 4.72. The van der Waals surface area contributed by atoms with Crippen molar-refractivity contribution in [3.63, 3.8) is 0 Å². The zero-order chi connectivity index (χ0) is 19.7. The third kappa shape index (κ3) is 3.69. The van der Waals surface area contributed by atoms with Crippen LogP contribution in [-0.2, 0) is 11.3 Å². The van der Waals surface area contributed by atoms with Crippen molar-refractivity contribution >= 4 is 17.6 Å². The zero-order valence-corrected chi connectivity index (χ0v) is 14.0. The highest BCUT2D eigenvalue weighted by atomic mass is 19.2. The van der Waals surface area contributed by atoms with Gasteiger partial charge >= 0.3 is 6.03 Å². The summed E-state index contributed by atoms with van der Waals surface area (Å²) in [4.78, 5) is 28.5. The predicted molar refractivity (Wildman–Crippen MR) is 86.5 cm³/mol. The van der Waals surface area contributed by atoms with Crippen LogP contribution in [0.5, 0.6) is 0 Å². The maximum atomic E-state index is 13.9. The van der Waals surface area contributed by atoms with Crippen LogP contribution in [0.4, 0.5) is 28.0 Å². The van der Waals surface area contributed by atoms with Crippen molar-refractivity contribution in [2.75, 3.05) is 11.9 Å². The number of nitrogens with one attached hydrogen (secondary N) is 2. The molecule has 2 aromatic rings. The maximum Gasteiger partial charge on any atom is 0.322 e. The van der Waals surface area contributed by atoms with E-state index in [-0.39, 0.29) is 23.4 Å². The first kappa shape index (κ1) is 18.6. The molecule has 142 valence electrons. The van der Waals surface area contributed by atoms with Crippen molar-refractivity contribution in [1.82, 2.24) is 15.2 Å². The van der Waals surface area contributed by atoms with Crippen LogP contribution in [0.15, 0.2) is 24.5 Å². The van der Waals surface area contributed by atoms with Crippen molar-refractivity contribution in [1.29, 1.82) is 0 Å². The highest BCUT2D eigenvalue weighted by molar-refractivity contribution is 5.94. The fourth-order valence-electron chi connectivity index (χ4n) is 2.82. The van der Waals surface area contributed by atoms with Gasteiger partial charge in [0, 0.05) is 11.1 Å². The molecule has 0 fully saturated rings.